The molecule has 0 aliphatic carbocycles. The minimum absolute atomic E-state index is 0.00198. The zero-order chi connectivity index (χ0) is 40.2. The number of nitrogens with zero attached hydrogens (tertiary/aromatic N) is 1. The maximum atomic E-state index is 14.3. The predicted octanol–water partition coefficient (Wildman–Crippen LogP) is 3.46. The highest BCUT2D eigenvalue weighted by Crippen LogP contribution is 2.61. The molecule has 0 aromatic heterocycles. The summed E-state index contributed by atoms with van der Waals surface area (Å²) < 4.78 is 239. The first-order chi connectivity index (χ1) is 24.0. The lowest BCUT2D eigenvalue weighted by atomic mass is 9.98. The molecule has 0 bridgehead atoms. The summed E-state index contributed by atoms with van der Waals surface area (Å²) in [5, 5.41) is 1.23. The molecule has 0 amide bonds. The van der Waals surface area contributed by atoms with Gasteiger partial charge in [-0.3, -0.25) is 0 Å². The van der Waals surface area contributed by atoms with Crippen molar-refractivity contribution in [2.24, 2.45) is 0 Å². The second-order valence-corrected chi connectivity index (χ2v) is 11.9. The molecule has 0 radical (unpaired) electrons. The van der Waals surface area contributed by atoms with Crippen molar-refractivity contribution >= 4 is 10.0 Å². The molecule has 52 heavy (non-hydrogen) atoms. The Bertz CT molecular complexity index is 1060. The molecule has 12 nitrogen and oxygen atoms in total. The van der Waals surface area contributed by atoms with Gasteiger partial charge in [0.15, 0.2) is 0 Å². The van der Waals surface area contributed by atoms with Gasteiger partial charge in [0.05, 0.1) is 112 Å². The second kappa shape index (κ2) is 23.5. The number of ether oxygens (including phenoxy) is 8. The molecular formula is C26H42F13NO11S. The Morgan fingerprint density at radius 1 is 0.442 bits per heavy atom. The van der Waals surface area contributed by atoms with Crippen LogP contribution in [0.4, 0.5) is 57.1 Å². The first-order valence-electron chi connectivity index (χ1n) is 15.2. The third-order valence-corrected chi connectivity index (χ3v) is 8.27. The van der Waals surface area contributed by atoms with Crippen LogP contribution in [0.25, 0.3) is 0 Å². The van der Waals surface area contributed by atoms with Crippen LogP contribution in [0, 0.1) is 0 Å². The fourth-order valence-electron chi connectivity index (χ4n) is 3.40. The number of sulfonamides is 1. The average Bonchev–Trinajstić information content (AvgIpc) is 3.05. The van der Waals surface area contributed by atoms with Crippen molar-refractivity contribution < 1.29 is 108 Å². The van der Waals surface area contributed by atoms with Gasteiger partial charge in [-0.15, -0.1) is 0 Å². The Balaban J connectivity index is 4.29. The summed E-state index contributed by atoms with van der Waals surface area (Å²) in [5.41, 5.74) is 0. The monoisotopic (exact) mass is 823 g/mol. The largest absolute Gasteiger partial charge is 0.460 e. The van der Waals surface area contributed by atoms with Crippen molar-refractivity contribution in [3.05, 3.63) is 0 Å². The van der Waals surface area contributed by atoms with E-state index in [2.05, 4.69) is 0 Å². The Kier molecular flexibility index (Phi) is 22.9. The summed E-state index contributed by atoms with van der Waals surface area (Å²) in [6.07, 6.45) is -7.62. The van der Waals surface area contributed by atoms with E-state index in [1.165, 1.54) is 0 Å². The van der Waals surface area contributed by atoms with Gasteiger partial charge in [-0.25, -0.2) is 8.42 Å². The summed E-state index contributed by atoms with van der Waals surface area (Å²) >= 11 is 0. The van der Waals surface area contributed by atoms with E-state index in [0.29, 0.717) is 53.2 Å². The van der Waals surface area contributed by atoms with Gasteiger partial charge in [0.25, 0.3) is 10.0 Å². The van der Waals surface area contributed by atoms with E-state index in [9.17, 15) is 65.5 Å². The van der Waals surface area contributed by atoms with E-state index < -0.39 is 69.1 Å². The fourth-order valence-corrected chi connectivity index (χ4v) is 4.83. The van der Waals surface area contributed by atoms with Crippen molar-refractivity contribution in [3.63, 3.8) is 0 Å². The molecule has 0 saturated heterocycles. The predicted molar refractivity (Wildman–Crippen MR) is 151 cm³/mol. The normalized spacial score (nSPS) is 14.2. The topological polar surface area (TPSA) is 131 Å². The number of alkyl halides is 13. The van der Waals surface area contributed by atoms with Crippen molar-refractivity contribution in [1.82, 2.24) is 4.31 Å². The van der Waals surface area contributed by atoms with Crippen LogP contribution in [0.3, 0.4) is 0 Å². The first-order valence-corrected chi connectivity index (χ1v) is 16.6. The molecule has 0 unspecified atom stereocenters. The highest BCUT2D eigenvalue weighted by atomic mass is 32.2. The van der Waals surface area contributed by atoms with Crippen LogP contribution >= 0.6 is 0 Å². The Morgan fingerprint density at radius 2 is 0.712 bits per heavy atom. The molecular weight excluding hydrogens is 781 g/mol. The Hall–Kier alpha value is -1.36. The third-order valence-electron chi connectivity index (χ3n) is 6.25. The van der Waals surface area contributed by atoms with Gasteiger partial charge in [0, 0.05) is 13.1 Å². The molecule has 0 fully saturated rings. The summed E-state index contributed by atoms with van der Waals surface area (Å²) in [4.78, 5) is 0. The molecule has 0 aliphatic heterocycles. The zero-order valence-corrected chi connectivity index (χ0v) is 28.6. The van der Waals surface area contributed by atoms with Gasteiger partial charge >= 0.3 is 35.1 Å². The Morgan fingerprint density at radius 3 is 0.981 bits per heavy atom. The van der Waals surface area contributed by atoms with E-state index in [0.717, 1.165) is 0 Å². The number of hydrogen-bond acceptors (Lipinski definition) is 11. The lowest BCUT2D eigenvalue weighted by Crippen LogP contribution is -2.71. The Labute approximate surface area is 290 Å². The number of aliphatic hydroxyl groups excluding tert-OH is 1. The van der Waals surface area contributed by atoms with Crippen LogP contribution in [-0.2, 0) is 47.9 Å². The molecule has 0 aromatic carbocycles. The third kappa shape index (κ3) is 14.4. The van der Waals surface area contributed by atoms with Gasteiger partial charge in [0.1, 0.15) is 0 Å². The van der Waals surface area contributed by atoms with Crippen LogP contribution in [0.5, 0.6) is 0 Å². The van der Waals surface area contributed by atoms with Gasteiger partial charge < -0.3 is 43.0 Å². The lowest BCUT2D eigenvalue weighted by Gasteiger charge is -2.40. The van der Waals surface area contributed by atoms with Gasteiger partial charge in [0.2, 0.25) is 0 Å². The number of likely N-dealkylation sites (N-methyl/N-ethyl adjacent to an activating group) is 1. The minimum Gasteiger partial charge on any atom is -0.394 e. The van der Waals surface area contributed by atoms with Crippen LogP contribution in [0.2, 0.25) is 0 Å². The highest BCUT2D eigenvalue weighted by molar-refractivity contribution is 7.90. The quantitative estimate of drug-likeness (QED) is 0.0772. The summed E-state index contributed by atoms with van der Waals surface area (Å²) in [7, 11) is -7.11. The van der Waals surface area contributed by atoms with Crippen molar-refractivity contribution in [2.45, 2.75) is 42.0 Å². The highest BCUT2D eigenvalue weighted by Gasteiger charge is 2.92. The van der Waals surface area contributed by atoms with Crippen molar-refractivity contribution in [2.75, 3.05) is 125 Å². The van der Waals surface area contributed by atoms with E-state index >= 15 is 0 Å². The van der Waals surface area contributed by atoms with Crippen LogP contribution in [0.1, 0.15) is 6.92 Å². The van der Waals surface area contributed by atoms with E-state index in [-0.39, 0.29) is 59.5 Å². The second-order valence-electron chi connectivity index (χ2n) is 9.93. The number of rotatable bonds is 33. The van der Waals surface area contributed by atoms with Crippen LogP contribution in [0.15, 0.2) is 0 Å². The molecule has 0 heterocycles. The summed E-state index contributed by atoms with van der Waals surface area (Å²) in [5.74, 6) is -32.4. The zero-order valence-electron chi connectivity index (χ0n) is 27.7. The van der Waals surface area contributed by atoms with Crippen LogP contribution in [-0.4, -0.2) is 178 Å². The molecule has 1 N–H and O–H groups in total. The molecule has 0 aliphatic rings. The number of aliphatic hydroxyl groups is 1. The molecule has 0 saturated carbocycles. The maximum Gasteiger partial charge on any atom is 0.460 e. The molecule has 26 heteroatoms. The van der Waals surface area contributed by atoms with Crippen molar-refractivity contribution in [1.29, 1.82) is 0 Å². The molecule has 0 rings (SSSR count). The smallest absolute Gasteiger partial charge is 0.394 e. The van der Waals surface area contributed by atoms with Crippen molar-refractivity contribution in [3.8, 4) is 0 Å². The number of hydrogen-bond donors (Lipinski definition) is 1. The average molecular weight is 824 g/mol. The van der Waals surface area contributed by atoms with E-state index in [1.54, 1.807) is 0 Å². The van der Waals surface area contributed by atoms with E-state index in [4.69, 9.17) is 43.0 Å². The summed E-state index contributed by atoms with van der Waals surface area (Å²) in [6, 6.07) is 0. The SMILES string of the molecule is CCN(CCOCCOCCOCCOCCOCCOCCOCCOCCO)S(=O)(=O)C(F)(F)C(F)(F)C(F)(F)C(F)(F)C(F)(F)C(F)(F)F. The van der Waals surface area contributed by atoms with Crippen LogP contribution < -0.4 is 0 Å². The van der Waals surface area contributed by atoms with Gasteiger partial charge in [-0.2, -0.15) is 61.4 Å². The molecule has 0 atom stereocenters. The fraction of sp³-hybridized carbons (Fsp3) is 1.00. The lowest BCUT2D eigenvalue weighted by molar-refractivity contribution is -0.433. The first kappa shape index (κ1) is 50.6. The maximum absolute atomic E-state index is 14.3. The minimum atomic E-state index is -8.23. The van der Waals surface area contributed by atoms with E-state index in [1.807, 2.05) is 0 Å². The number of halogens is 13. The standard InChI is InChI=1S/C26H42F13NO11S/c1-2-40(52(42,43)26(38,39)24(33,34)22(29,30)21(27,28)23(31,32)25(35,36)37)3-5-44-7-9-46-11-13-48-15-17-50-19-20-51-18-16-49-14-12-47-10-8-45-6-4-41/h41H,2-20H2,1H3. The summed E-state index contributed by atoms with van der Waals surface area (Å²) in [6.45, 7) is 0.152. The van der Waals surface area contributed by atoms with Gasteiger partial charge in [-0.05, 0) is 0 Å². The van der Waals surface area contributed by atoms with Gasteiger partial charge in [-0.1, -0.05) is 6.92 Å². The molecule has 314 valence electrons. The molecule has 0 aromatic rings. The molecule has 0 spiro atoms.